The van der Waals surface area contributed by atoms with E-state index in [1.165, 1.54) is 0 Å². The van der Waals surface area contributed by atoms with Crippen LogP contribution in [0.15, 0.2) is 54.6 Å². The van der Waals surface area contributed by atoms with Gasteiger partial charge in [0.15, 0.2) is 0 Å². The van der Waals surface area contributed by atoms with Crippen molar-refractivity contribution in [2.24, 2.45) is 0 Å². The maximum atomic E-state index is 12.4. The molecule has 33 heavy (non-hydrogen) atoms. The van der Waals surface area contributed by atoms with Crippen LogP contribution in [0, 0.1) is 0 Å². The van der Waals surface area contributed by atoms with Crippen molar-refractivity contribution in [2.75, 3.05) is 13.2 Å². The number of carbonyl (C=O) groups excluding carboxylic acids is 2. The molecule has 1 aromatic heterocycles. The van der Waals surface area contributed by atoms with Gasteiger partial charge < -0.3 is 19.2 Å². The molecule has 0 saturated heterocycles. The summed E-state index contributed by atoms with van der Waals surface area (Å²) in [6.07, 6.45) is -1.54. The zero-order valence-corrected chi connectivity index (χ0v) is 19.2. The van der Waals surface area contributed by atoms with Gasteiger partial charge in [-0.25, -0.2) is 22.7 Å². The zero-order valence-electron chi connectivity index (χ0n) is 18.4. The maximum Gasteiger partial charge on any atom is 0.359 e. The van der Waals surface area contributed by atoms with Crippen molar-refractivity contribution in [1.82, 2.24) is 9.71 Å². The van der Waals surface area contributed by atoms with E-state index in [9.17, 15) is 18.0 Å². The van der Waals surface area contributed by atoms with Crippen LogP contribution in [0.4, 0.5) is 0 Å². The Morgan fingerprint density at radius 2 is 1.64 bits per heavy atom. The lowest BCUT2D eigenvalue weighted by molar-refractivity contribution is -0.166. The first-order valence-electron chi connectivity index (χ1n) is 10.4. The van der Waals surface area contributed by atoms with Crippen LogP contribution in [-0.2, 0) is 41.4 Å². The summed E-state index contributed by atoms with van der Waals surface area (Å²) in [6, 6.07) is 15.7. The first-order chi connectivity index (χ1) is 15.8. The number of hydrogen-bond donors (Lipinski definition) is 2. The number of nitrogens with one attached hydrogen (secondary N) is 2. The number of ether oxygens (including phenoxy) is 3. The lowest BCUT2D eigenvalue weighted by Gasteiger charge is -2.16. The van der Waals surface area contributed by atoms with Crippen LogP contribution in [0.2, 0.25) is 0 Å². The van der Waals surface area contributed by atoms with Crippen LogP contribution >= 0.6 is 0 Å². The molecule has 0 aliphatic rings. The molecular formula is C23H26N2O7S. The van der Waals surface area contributed by atoms with E-state index in [2.05, 4.69) is 9.71 Å². The predicted octanol–water partition coefficient (Wildman–Crippen LogP) is 2.66. The van der Waals surface area contributed by atoms with Gasteiger partial charge in [0.05, 0.1) is 25.5 Å². The van der Waals surface area contributed by atoms with Gasteiger partial charge in [-0.3, -0.25) is 0 Å². The fourth-order valence-corrected chi connectivity index (χ4v) is 4.24. The van der Waals surface area contributed by atoms with Gasteiger partial charge in [0, 0.05) is 17.3 Å². The van der Waals surface area contributed by atoms with E-state index in [0.29, 0.717) is 16.8 Å². The zero-order chi connectivity index (χ0) is 23.8. The minimum Gasteiger partial charge on any atom is -0.467 e. The summed E-state index contributed by atoms with van der Waals surface area (Å²) in [4.78, 5) is 27.4. The molecule has 2 N–H and O–H groups in total. The highest BCUT2D eigenvalue weighted by Gasteiger charge is 2.32. The standard InChI is InChI=1S/C23H26N2O7S/c1-3-30-22(26)21(23(27)31-4-2)32-19-11-10-17-12-18(25-20(17)13-19)14-24-33(28,29)15-16-8-6-5-7-9-16/h5-13,21,24-25H,3-4,14-15H2,1-2H3. The van der Waals surface area contributed by atoms with Gasteiger partial charge in [-0.2, -0.15) is 0 Å². The third kappa shape index (κ3) is 6.80. The number of hydrogen-bond acceptors (Lipinski definition) is 7. The third-order valence-corrected chi connectivity index (χ3v) is 5.88. The Balaban J connectivity index is 1.70. The van der Waals surface area contributed by atoms with Crippen molar-refractivity contribution >= 4 is 32.9 Å². The van der Waals surface area contributed by atoms with Gasteiger partial charge in [0.25, 0.3) is 6.10 Å². The van der Waals surface area contributed by atoms with Crippen LogP contribution in [-0.4, -0.2) is 44.7 Å². The molecule has 0 saturated carbocycles. The highest BCUT2D eigenvalue weighted by Crippen LogP contribution is 2.23. The minimum absolute atomic E-state index is 0.0777. The van der Waals surface area contributed by atoms with Gasteiger partial charge in [-0.15, -0.1) is 0 Å². The lowest BCUT2D eigenvalue weighted by atomic mass is 10.2. The predicted molar refractivity (Wildman–Crippen MR) is 122 cm³/mol. The van der Waals surface area contributed by atoms with E-state index in [4.69, 9.17) is 14.2 Å². The summed E-state index contributed by atoms with van der Waals surface area (Å²) in [5, 5.41) is 0.809. The molecule has 2 aromatic carbocycles. The lowest BCUT2D eigenvalue weighted by Crippen LogP contribution is -2.38. The molecule has 0 aliphatic carbocycles. The number of rotatable bonds is 11. The summed E-state index contributed by atoms with van der Waals surface area (Å²) < 4.78 is 42.7. The SMILES string of the molecule is CCOC(=O)C(Oc1ccc2cc(CNS(=O)(=O)Cc3ccccc3)[nH]c2c1)C(=O)OCC. The van der Waals surface area contributed by atoms with Crippen LogP contribution in [0.5, 0.6) is 5.75 Å². The summed E-state index contributed by atoms with van der Waals surface area (Å²) in [5.41, 5.74) is 1.99. The normalized spacial score (nSPS) is 11.5. The first-order valence-corrected chi connectivity index (χ1v) is 12.1. The smallest absolute Gasteiger partial charge is 0.359 e. The average Bonchev–Trinajstić information content (AvgIpc) is 3.19. The second kappa shape index (κ2) is 11.0. The second-order valence-electron chi connectivity index (χ2n) is 7.11. The van der Waals surface area contributed by atoms with Crippen molar-refractivity contribution < 1.29 is 32.2 Å². The summed E-state index contributed by atoms with van der Waals surface area (Å²) in [6.45, 7) is 3.52. The summed E-state index contributed by atoms with van der Waals surface area (Å²) in [5.74, 6) is -1.53. The van der Waals surface area contributed by atoms with Gasteiger partial charge in [0.2, 0.25) is 10.0 Å². The van der Waals surface area contributed by atoms with Crippen molar-refractivity contribution in [3.63, 3.8) is 0 Å². The number of sulfonamides is 1. The molecule has 3 aromatic rings. The molecule has 9 nitrogen and oxygen atoms in total. The van der Waals surface area contributed by atoms with Crippen molar-refractivity contribution in [1.29, 1.82) is 0 Å². The van der Waals surface area contributed by atoms with E-state index >= 15 is 0 Å². The Kier molecular flexibility index (Phi) is 8.07. The quantitative estimate of drug-likeness (QED) is 0.323. The number of fused-ring (bicyclic) bond motifs is 1. The number of aromatic nitrogens is 1. The van der Waals surface area contributed by atoms with Crippen LogP contribution in [0.1, 0.15) is 25.1 Å². The highest BCUT2D eigenvalue weighted by atomic mass is 32.2. The van der Waals surface area contributed by atoms with Crippen molar-refractivity contribution in [2.45, 2.75) is 32.2 Å². The molecule has 0 aliphatic heterocycles. The molecular weight excluding hydrogens is 448 g/mol. The number of esters is 2. The first kappa shape index (κ1) is 24.3. The van der Waals surface area contributed by atoms with E-state index in [1.54, 1.807) is 62.4 Å². The number of aromatic amines is 1. The highest BCUT2D eigenvalue weighted by molar-refractivity contribution is 7.88. The molecule has 0 fully saturated rings. The molecule has 10 heteroatoms. The fourth-order valence-electron chi connectivity index (χ4n) is 3.13. The average molecular weight is 475 g/mol. The van der Waals surface area contributed by atoms with Crippen molar-refractivity contribution in [3.05, 3.63) is 65.9 Å². The molecule has 0 unspecified atom stereocenters. The van der Waals surface area contributed by atoms with Gasteiger partial charge >= 0.3 is 11.9 Å². The Labute approximate surface area is 192 Å². The third-order valence-electron chi connectivity index (χ3n) is 4.59. The van der Waals surface area contributed by atoms with Gasteiger partial charge in [-0.1, -0.05) is 30.3 Å². The maximum absolute atomic E-state index is 12.4. The topological polar surface area (TPSA) is 124 Å². The Hall–Kier alpha value is -3.37. The molecule has 0 amide bonds. The van der Waals surface area contributed by atoms with E-state index in [-0.39, 0.29) is 31.3 Å². The largest absolute Gasteiger partial charge is 0.467 e. The molecule has 0 radical (unpaired) electrons. The number of benzene rings is 2. The van der Waals surface area contributed by atoms with Gasteiger partial charge in [0.1, 0.15) is 5.75 Å². The van der Waals surface area contributed by atoms with E-state index in [0.717, 1.165) is 5.39 Å². The molecule has 0 bridgehead atoms. The van der Waals surface area contributed by atoms with Crippen LogP contribution in [0.3, 0.4) is 0 Å². The molecule has 0 spiro atoms. The van der Waals surface area contributed by atoms with Crippen molar-refractivity contribution in [3.8, 4) is 5.75 Å². The second-order valence-corrected chi connectivity index (χ2v) is 8.92. The monoisotopic (exact) mass is 474 g/mol. The molecule has 3 rings (SSSR count). The number of H-pyrrole nitrogens is 1. The van der Waals surface area contributed by atoms with Crippen LogP contribution < -0.4 is 9.46 Å². The van der Waals surface area contributed by atoms with Crippen LogP contribution in [0.25, 0.3) is 10.9 Å². The molecule has 176 valence electrons. The molecule has 1 heterocycles. The Bertz CT molecular complexity index is 1190. The summed E-state index contributed by atoms with van der Waals surface area (Å²) >= 11 is 0. The van der Waals surface area contributed by atoms with E-state index in [1.807, 2.05) is 6.07 Å². The van der Waals surface area contributed by atoms with E-state index < -0.39 is 28.1 Å². The summed E-state index contributed by atoms with van der Waals surface area (Å²) in [7, 11) is -3.52. The fraction of sp³-hybridized carbons (Fsp3) is 0.304. The number of carbonyl (C=O) groups is 2. The molecule has 0 atom stereocenters. The Morgan fingerprint density at radius 1 is 0.970 bits per heavy atom. The Morgan fingerprint density at radius 3 is 2.27 bits per heavy atom. The van der Waals surface area contributed by atoms with Gasteiger partial charge in [-0.05, 0) is 43.0 Å². The minimum atomic E-state index is -3.52.